The minimum Gasteiger partial charge on any atom is -0.479 e. The summed E-state index contributed by atoms with van der Waals surface area (Å²) in [4.78, 5) is 11.3. The van der Waals surface area contributed by atoms with Gasteiger partial charge in [0, 0.05) is 13.1 Å². The monoisotopic (exact) mass is 315 g/mol. The Kier molecular flexibility index (Phi) is 6.75. The van der Waals surface area contributed by atoms with Crippen LogP contribution < -0.4 is 5.32 Å². The molecule has 0 bridgehead atoms. The predicted molar refractivity (Wildman–Crippen MR) is 87.0 cm³/mol. The van der Waals surface area contributed by atoms with E-state index in [2.05, 4.69) is 5.32 Å². The van der Waals surface area contributed by atoms with Crippen LogP contribution >= 0.6 is 0 Å². The number of benzene rings is 2. The van der Waals surface area contributed by atoms with Crippen molar-refractivity contribution < 1.29 is 19.7 Å². The zero-order valence-electron chi connectivity index (χ0n) is 12.8. The fraction of sp³-hybridized carbons (Fsp3) is 0.278. The quantitative estimate of drug-likeness (QED) is 0.618. The van der Waals surface area contributed by atoms with Crippen molar-refractivity contribution in [3.63, 3.8) is 0 Å². The highest BCUT2D eigenvalue weighted by atomic mass is 16.5. The van der Waals surface area contributed by atoms with E-state index in [0.29, 0.717) is 18.7 Å². The standard InChI is InChI=1S/C18H21NO4/c20-16(14-7-3-1-4-8-14)13-19-11-12-23-17(18(21)22)15-9-5-2-6-10-15/h1-10,16-17,19-20H,11-13H2,(H,21,22). The maximum atomic E-state index is 11.3. The van der Waals surface area contributed by atoms with Crippen molar-refractivity contribution >= 4 is 5.97 Å². The van der Waals surface area contributed by atoms with Crippen molar-refractivity contribution in [2.24, 2.45) is 0 Å². The van der Waals surface area contributed by atoms with Gasteiger partial charge in [-0.1, -0.05) is 60.7 Å². The fourth-order valence-corrected chi connectivity index (χ4v) is 2.22. The average Bonchev–Trinajstić information content (AvgIpc) is 2.59. The molecule has 2 atom stereocenters. The SMILES string of the molecule is O=C(O)C(OCCNCC(O)c1ccccc1)c1ccccc1. The van der Waals surface area contributed by atoms with E-state index in [9.17, 15) is 15.0 Å². The molecule has 0 saturated heterocycles. The molecule has 5 heteroatoms. The van der Waals surface area contributed by atoms with Crippen molar-refractivity contribution in [1.29, 1.82) is 0 Å². The first kappa shape index (κ1) is 17.1. The average molecular weight is 315 g/mol. The molecule has 0 aliphatic heterocycles. The number of aliphatic carboxylic acids is 1. The third-order valence-electron chi connectivity index (χ3n) is 3.41. The molecule has 2 rings (SSSR count). The van der Waals surface area contributed by atoms with Crippen molar-refractivity contribution in [2.45, 2.75) is 12.2 Å². The summed E-state index contributed by atoms with van der Waals surface area (Å²) in [5.74, 6) is -1.01. The summed E-state index contributed by atoms with van der Waals surface area (Å²) in [6, 6.07) is 18.2. The van der Waals surface area contributed by atoms with Gasteiger partial charge in [-0.15, -0.1) is 0 Å². The highest BCUT2D eigenvalue weighted by molar-refractivity contribution is 5.74. The molecule has 0 spiro atoms. The van der Waals surface area contributed by atoms with Gasteiger partial charge in [-0.25, -0.2) is 4.79 Å². The van der Waals surface area contributed by atoms with Crippen LogP contribution in [0.1, 0.15) is 23.3 Å². The minimum absolute atomic E-state index is 0.243. The van der Waals surface area contributed by atoms with E-state index in [4.69, 9.17) is 4.74 Å². The van der Waals surface area contributed by atoms with Gasteiger partial charge in [0.2, 0.25) is 0 Å². The number of aliphatic hydroxyl groups is 1. The maximum absolute atomic E-state index is 11.3. The third kappa shape index (κ3) is 5.49. The second kappa shape index (κ2) is 9.05. The van der Waals surface area contributed by atoms with Crippen LogP contribution in [-0.4, -0.2) is 35.9 Å². The van der Waals surface area contributed by atoms with Crippen LogP contribution in [0.3, 0.4) is 0 Å². The van der Waals surface area contributed by atoms with Crippen LogP contribution in [-0.2, 0) is 9.53 Å². The topological polar surface area (TPSA) is 78.8 Å². The number of hydrogen-bond donors (Lipinski definition) is 3. The van der Waals surface area contributed by atoms with Crippen LogP contribution in [0.5, 0.6) is 0 Å². The molecular formula is C18H21NO4. The molecule has 0 radical (unpaired) electrons. The molecule has 2 unspecified atom stereocenters. The van der Waals surface area contributed by atoms with E-state index in [1.165, 1.54) is 0 Å². The van der Waals surface area contributed by atoms with Crippen molar-refractivity contribution in [1.82, 2.24) is 5.32 Å². The summed E-state index contributed by atoms with van der Waals surface area (Å²) in [5, 5.41) is 22.3. The van der Waals surface area contributed by atoms with Crippen LogP contribution in [0, 0.1) is 0 Å². The zero-order chi connectivity index (χ0) is 16.5. The highest BCUT2D eigenvalue weighted by Gasteiger charge is 2.19. The molecule has 0 amide bonds. The van der Waals surface area contributed by atoms with Gasteiger partial charge in [-0.2, -0.15) is 0 Å². The van der Waals surface area contributed by atoms with Gasteiger partial charge in [-0.3, -0.25) is 0 Å². The summed E-state index contributed by atoms with van der Waals surface area (Å²) < 4.78 is 5.43. The second-order valence-corrected chi connectivity index (χ2v) is 5.13. The lowest BCUT2D eigenvalue weighted by molar-refractivity contribution is -0.150. The van der Waals surface area contributed by atoms with Gasteiger partial charge >= 0.3 is 5.97 Å². The molecule has 0 aromatic heterocycles. The van der Waals surface area contributed by atoms with E-state index in [1.54, 1.807) is 24.3 Å². The van der Waals surface area contributed by atoms with Crippen molar-refractivity contribution in [3.8, 4) is 0 Å². The van der Waals surface area contributed by atoms with Crippen LogP contribution in [0.25, 0.3) is 0 Å². The third-order valence-corrected chi connectivity index (χ3v) is 3.41. The lowest BCUT2D eigenvalue weighted by atomic mass is 10.1. The lowest BCUT2D eigenvalue weighted by Gasteiger charge is -2.15. The van der Waals surface area contributed by atoms with Gasteiger partial charge in [0.1, 0.15) is 0 Å². The molecule has 2 aromatic rings. The number of carbonyl (C=O) groups is 1. The number of rotatable bonds is 9. The Morgan fingerprint density at radius 1 is 1.00 bits per heavy atom. The van der Waals surface area contributed by atoms with Crippen molar-refractivity contribution in [2.75, 3.05) is 19.7 Å². The number of ether oxygens (including phenoxy) is 1. The number of nitrogens with one attached hydrogen (secondary N) is 1. The molecule has 5 nitrogen and oxygen atoms in total. The smallest absolute Gasteiger partial charge is 0.337 e. The molecule has 0 fully saturated rings. The molecule has 2 aromatic carbocycles. The summed E-state index contributed by atoms with van der Waals surface area (Å²) in [5.41, 5.74) is 1.46. The molecule has 23 heavy (non-hydrogen) atoms. The lowest BCUT2D eigenvalue weighted by Crippen LogP contribution is -2.27. The van der Waals surface area contributed by atoms with E-state index >= 15 is 0 Å². The summed E-state index contributed by atoms with van der Waals surface area (Å²) in [6.45, 7) is 1.09. The zero-order valence-corrected chi connectivity index (χ0v) is 12.8. The van der Waals surface area contributed by atoms with Crippen LogP contribution in [0.15, 0.2) is 60.7 Å². The number of carboxylic acids is 1. The number of hydrogen-bond acceptors (Lipinski definition) is 4. The molecule has 122 valence electrons. The number of carboxylic acid groups (broad SMARTS) is 1. The van der Waals surface area contributed by atoms with Gasteiger partial charge in [-0.05, 0) is 11.1 Å². The first-order valence-corrected chi connectivity index (χ1v) is 7.51. The van der Waals surface area contributed by atoms with E-state index < -0.39 is 18.2 Å². The van der Waals surface area contributed by atoms with Gasteiger partial charge in [0.05, 0.1) is 12.7 Å². The summed E-state index contributed by atoms with van der Waals surface area (Å²) in [7, 11) is 0. The molecule has 3 N–H and O–H groups in total. The Morgan fingerprint density at radius 3 is 2.13 bits per heavy atom. The largest absolute Gasteiger partial charge is 0.479 e. The van der Waals surface area contributed by atoms with E-state index in [1.807, 2.05) is 36.4 Å². The molecule has 0 heterocycles. The van der Waals surface area contributed by atoms with Crippen LogP contribution in [0.2, 0.25) is 0 Å². The van der Waals surface area contributed by atoms with Gasteiger partial charge in [0.15, 0.2) is 6.10 Å². The normalized spacial score (nSPS) is 13.4. The highest BCUT2D eigenvalue weighted by Crippen LogP contribution is 2.17. The Balaban J connectivity index is 1.73. The Labute approximate surface area is 135 Å². The molecule has 0 aliphatic carbocycles. The minimum atomic E-state index is -1.01. The number of aliphatic hydroxyl groups excluding tert-OH is 1. The predicted octanol–water partition coefficient (Wildman–Crippen LogP) is 2.15. The van der Waals surface area contributed by atoms with E-state index in [0.717, 1.165) is 5.56 Å². The summed E-state index contributed by atoms with van der Waals surface area (Å²) >= 11 is 0. The first-order valence-electron chi connectivity index (χ1n) is 7.51. The molecule has 0 saturated carbocycles. The van der Waals surface area contributed by atoms with Gasteiger partial charge < -0.3 is 20.3 Å². The van der Waals surface area contributed by atoms with E-state index in [-0.39, 0.29) is 6.61 Å². The second-order valence-electron chi connectivity index (χ2n) is 5.13. The summed E-state index contributed by atoms with van der Waals surface area (Å²) in [6.07, 6.45) is -1.57. The van der Waals surface area contributed by atoms with Gasteiger partial charge in [0.25, 0.3) is 0 Å². The Bertz CT molecular complexity index is 588. The first-order chi connectivity index (χ1) is 11.2. The Hall–Kier alpha value is -2.21. The molecular weight excluding hydrogens is 294 g/mol. The maximum Gasteiger partial charge on any atom is 0.337 e. The molecule has 0 aliphatic rings. The fourth-order valence-electron chi connectivity index (χ4n) is 2.22. The van der Waals surface area contributed by atoms with Crippen LogP contribution in [0.4, 0.5) is 0 Å². The Morgan fingerprint density at radius 2 is 1.57 bits per heavy atom. The van der Waals surface area contributed by atoms with Crippen molar-refractivity contribution in [3.05, 3.63) is 71.8 Å².